The minimum absolute atomic E-state index is 0.0554. The van der Waals surface area contributed by atoms with Gasteiger partial charge in [0.2, 0.25) is 10.0 Å². The Morgan fingerprint density at radius 2 is 1.87 bits per heavy atom. The van der Waals surface area contributed by atoms with Crippen molar-refractivity contribution in [1.82, 2.24) is 14.3 Å². The molecule has 4 heterocycles. The van der Waals surface area contributed by atoms with Gasteiger partial charge in [-0.3, -0.25) is 9.78 Å². The van der Waals surface area contributed by atoms with Crippen molar-refractivity contribution in [2.45, 2.75) is 43.5 Å². The van der Waals surface area contributed by atoms with Gasteiger partial charge in [0.1, 0.15) is 0 Å². The molecular weight excluding hydrogens is 502 g/mol. The first-order valence-corrected chi connectivity index (χ1v) is 14.3. The zero-order valence-corrected chi connectivity index (χ0v) is 22.2. The SMILES string of the molecule is Cc1ccc(S(=O)(=O)N2CCCC2)cc1-c1ccc(N)c(C(=O)Nc2cnccc2N2CCC[C@H](N)C2)n1. The number of anilines is 3. The third kappa shape index (κ3) is 5.22. The van der Waals surface area contributed by atoms with Gasteiger partial charge < -0.3 is 21.7 Å². The van der Waals surface area contributed by atoms with E-state index in [2.05, 4.69) is 20.2 Å². The fraction of sp³-hybridized carbons (Fsp3) is 0.370. The van der Waals surface area contributed by atoms with Crippen molar-refractivity contribution in [3.63, 3.8) is 0 Å². The largest absolute Gasteiger partial charge is 0.397 e. The molecule has 0 aliphatic carbocycles. The van der Waals surface area contributed by atoms with Crippen LogP contribution in [0.3, 0.4) is 0 Å². The van der Waals surface area contributed by atoms with E-state index in [1.165, 1.54) is 4.31 Å². The average molecular weight is 536 g/mol. The third-order valence-corrected chi connectivity index (χ3v) is 9.07. The fourth-order valence-electron chi connectivity index (χ4n) is 5.09. The molecule has 0 spiro atoms. The van der Waals surface area contributed by atoms with E-state index in [0.29, 0.717) is 36.6 Å². The summed E-state index contributed by atoms with van der Waals surface area (Å²) in [6.45, 7) is 4.46. The van der Waals surface area contributed by atoms with Crippen LogP contribution in [0.5, 0.6) is 0 Å². The highest BCUT2D eigenvalue weighted by Crippen LogP contribution is 2.31. The van der Waals surface area contributed by atoms with E-state index in [1.54, 1.807) is 42.7 Å². The van der Waals surface area contributed by atoms with Gasteiger partial charge in [0.25, 0.3) is 5.91 Å². The second-order valence-electron chi connectivity index (χ2n) is 9.92. The van der Waals surface area contributed by atoms with Crippen molar-refractivity contribution in [2.24, 2.45) is 5.73 Å². The Kier molecular flexibility index (Phi) is 7.33. The van der Waals surface area contributed by atoms with Crippen molar-refractivity contribution >= 4 is 33.0 Å². The number of nitrogens with one attached hydrogen (secondary N) is 1. The Bertz CT molecular complexity index is 1450. The monoisotopic (exact) mass is 535 g/mol. The number of benzene rings is 1. The normalized spacial score (nSPS) is 18.5. The van der Waals surface area contributed by atoms with Crippen LogP contribution in [-0.4, -0.2) is 60.8 Å². The number of piperidine rings is 1. The summed E-state index contributed by atoms with van der Waals surface area (Å²) in [6.07, 6.45) is 6.95. The molecule has 1 atom stereocenters. The van der Waals surface area contributed by atoms with Crippen LogP contribution in [0.25, 0.3) is 11.3 Å². The molecule has 2 aliphatic rings. The minimum atomic E-state index is -3.60. The zero-order valence-electron chi connectivity index (χ0n) is 21.4. The van der Waals surface area contributed by atoms with E-state index in [1.807, 2.05) is 13.0 Å². The smallest absolute Gasteiger partial charge is 0.276 e. The molecule has 2 aliphatic heterocycles. The van der Waals surface area contributed by atoms with E-state index in [9.17, 15) is 13.2 Å². The summed E-state index contributed by atoms with van der Waals surface area (Å²) in [5.41, 5.74) is 15.9. The molecule has 5 rings (SSSR count). The first-order valence-electron chi connectivity index (χ1n) is 12.9. The minimum Gasteiger partial charge on any atom is -0.397 e. The molecule has 2 aromatic heterocycles. The molecule has 5 N–H and O–H groups in total. The highest BCUT2D eigenvalue weighted by Gasteiger charge is 2.28. The molecule has 0 saturated carbocycles. The fourth-order valence-corrected chi connectivity index (χ4v) is 6.63. The lowest BCUT2D eigenvalue weighted by Gasteiger charge is -2.33. The first-order chi connectivity index (χ1) is 18.2. The molecule has 200 valence electrons. The molecule has 10 nitrogen and oxygen atoms in total. The van der Waals surface area contributed by atoms with Crippen molar-refractivity contribution in [3.05, 3.63) is 60.0 Å². The van der Waals surface area contributed by atoms with E-state index >= 15 is 0 Å². The topological polar surface area (TPSA) is 148 Å². The van der Waals surface area contributed by atoms with Crippen LogP contribution in [0.2, 0.25) is 0 Å². The molecule has 2 fully saturated rings. The van der Waals surface area contributed by atoms with E-state index < -0.39 is 15.9 Å². The van der Waals surface area contributed by atoms with Crippen molar-refractivity contribution in [1.29, 1.82) is 0 Å². The number of carbonyl (C=O) groups is 1. The number of pyridine rings is 2. The lowest BCUT2D eigenvalue weighted by atomic mass is 10.0. The number of hydrogen-bond acceptors (Lipinski definition) is 8. The van der Waals surface area contributed by atoms with Crippen molar-refractivity contribution in [3.8, 4) is 11.3 Å². The Hall–Kier alpha value is -3.54. The first kappa shape index (κ1) is 26.1. The number of sulfonamides is 1. The molecule has 0 bridgehead atoms. The maximum absolute atomic E-state index is 13.4. The summed E-state index contributed by atoms with van der Waals surface area (Å²) >= 11 is 0. The number of carbonyl (C=O) groups excluding carboxylic acids is 1. The van der Waals surface area contributed by atoms with Crippen LogP contribution in [0.1, 0.15) is 41.7 Å². The zero-order chi connectivity index (χ0) is 26.9. The molecule has 1 amide bonds. The summed E-state index contributed by atoms with van der Waals surface area (Å²) in [6, 6.07) is 10.3. The predicted molar refractivity (Wildman–Crippen MR) is 148 cm³/mol. The lowest BCUT2D eigenvalue weighted by molar-refractivity contribution is 0.102. The van der Waals surface area contributed by atoms with Crippen molar-refractivity contribution < 1.29 is 13.2 Å². The molecule has 0 radical (unpaired) electrons. The molecule has 3 aromatic rings. The Labute approximate surface area is 223 Å². The van der Waals surface area contributed by atoms with Crippen LogP contribution in [0.15, 0.2) is 53.7 Å². The molecular formula is C27H33N7O3S. The number of aromatic nitrogens is 2. The summed E-state index contributed by atoms with van der Waals surface area (Å²) in [7, 11) is -3.60. The van der Waals surface area contributed by atoms with Crippen LogP contribution in [0.4, 0.5) is 17.1 Å². The third-order valence-electron chi connectivity index (χ3n) is 7.17. The average Bonchev–Trinajstić information content (AvgIpc) is 3.46. The van der Waals surface area contributed by atoms with E-state index in [0.717, 1.165) is 43.5 Å². The van der Waals surface area contributed by atoms with Gasteiger partial charge >= 0.3 is 0 Å². The number of aryl methyl sites for hydroxylation is 1. The van der Waals surface area contributed by atoms with Gasteiger partial charge in [-0.15, -0.1) is 0 Å². The van der Waals surface area contributed by atoms with Gasteiger partial charge in [-0.2, -0.15) is 4.31 Å². The molecule has 2 saturated heterocycles. The predicted octanol–water partition coefficient (Wildman–Crippen LogP) is 3.00. The lowest BCUT2D eigenvalue weighted by Crippen LogP contribution is -2.43. The molecule has 38 heavy (non-hydrogen) atoms. The quantitative estimate of drug-likeness (QED) is 0.436. The molecule has 0 unspecified atom stereocenters. The van der Waals surface area contributed by atoms with Crippen LogP contribution >= 0.6 is 0 Å². The number of hydrogen-bond donors (Lipinski definition) is 3. The summed E-state index contributed by atoms with van der Waals surface area (Å²) in [5, 5.41) is 2.92. The number of nitrogens with zero attached hydrogens (tertiary/aromatic N) is 4. The van der Waals surface area contributed by atoms with E-state index in [-0.39, 0.29) is 22.3 Å². The Balaban J connectivity index is 1.44. The van der Waals surface area contributed by atoms with Crippen molar-refractivity contribution in [2.75, 3.05) is 42.1 Å². The molecule has 1 aromatic carbocycles. The van der Waals surface area contributed by atoms with Gasteiger partial charge in [-0.05, 0) is 68.5 Å². The maximum atomic E-state index is 13.4. The number of nitrogen functional groups attached to an aromatic ring is 1. The Morgan fingerprint density at radius 1 is 1.08 bits per heavy atom. The second kappa shape index (κ2) is 10.7. The van der Waals surface area contributed by atoms with Gasteiger partial charge in [0.05, 0.1) is 33.8 Å². The summed E-state index contributed by atoms with van der Waals surface area (Å²) < 4.78 is 27.8. The molecule has 11 heteroatoms. The van der Waals surface area contributed by atoms with Gasteiger partial charge in [0, 0.05) is 44.0 Å². The number of rotatable bonds is 6. The standard InChI is InChI=1S/C27H33N7O3S/c1-18-6-7-20(38(36,37)34-13-2-3-14-34)15-21(18)23-9-8-22(29)26(31-23)27(35)32-24-16-30-11-10-25(24)33-12-4-5-19(28)17-33/h6-11,15-16,19H,2-5,12-14,17,28-29H2,1H3,(H,32,35)/t19-/m0/s1. The maximum Gasteiger partial charge on any atom is 0.276 e. The Morgan fingerprint density at radius 3 is 2.63 bits per heavy atom. The van der Waals surface area contributed by atoms with Crippen LogP contribution in [0, 0.1) is 6.92 Å². The van der Waals surface area contributed by atoms with Gasteiger partial charge in [-0.1, -0.05) is 6.07 Å². The van der Waals surface area contributed by atoms with Gasteiger partial charge in [0.15, 0.2) is 5.69 Å². The highest BCUT2D eigenvalue weighted by atomic mass is 32.2. The number of amides is 1. The van der Waals surface area contributed by atoms with Gasteiger partial charge in [-0.25, -0.2) is 13.4 Å². The van der Waals surface area contributed by atoms with Crippen LogP contribution in [-0.2, 0) is 10.0 Å². The van der Waals surface area contributed by atoms with E-state index in [4.69, 9.17) is 11.5 Å². The second-order valence-corrected chi connectivity index (χ2v) is 11.9. The summed E-state index contributed by atoms with van der Waals surface area (Å²) in [4.78, 5) is 24.5. The summed E-state index contributed by atoms with van der Waals surface area (Å²) in [5.74, 6) is -0.474. The number of nitrogens with two attached hydrogens (primary N) is 2. The van der Waals surface area contributed by atoms with Crippen LogP contribution < -0.4 is 21.7 Å². The highest BCUT2D eigenvalue weighted by molar-refractivity contribution is 7.89.